The average molecular weight is 480 g/mol. The first-order valence-corrected chi connectivity index (χ1v) is 13.0. The third-order valence-electron chi connectivity index (χ3n) is 7.42. The zero-order chi connectivity index (χ0) is 23.7. The fourth-order valence-electron chi connectivity index (χ4n) is 5.36. The molecule has 2 heterocycles. The van der Waals surface area contributed by atoms with Gasteiger partial charge in [-0.3, -0.25) is 4.90 Å². The molecule has 1 aliphatic heterocycles. The van der Waals surface area contributed by atoms with Gasteiger partial charge < -0.3 is 10.4 Å². The molecule has 0 atom stereocenters. The molecule has 1 saturated heterocycles. The van der Waals surface area contributed by atoms with Crippen molar-refractivity contribution in [1.29, 1.82) is 0 Å². The van der Waals surface area contributed by atoms with Crippen molar-refractivity contribution in [2.24, 2.45) is 0 Å². The van der Waals surface area contributed by atoms with Gasteiger partial charge in [0, 0.05) is 30.3 Å². The smallest absolute Gasteiger partial charge is 0.223 e. The van der Waals surface area contributed by atoms with E-state index in [-0.39, 0.29) is 11.3 Å². The first-order valence-electron chi connectivity index (χ1n) is 12.3. The number of nitrogens with one attached hydrogen (secondary N) is 1. The Kier molecular flexibility index (Phi) is 5.88. The summed E-state index contributed by atoms with van der Waals surface area (Å²) >= 11 is 1.31. The lowest BCUT2D eigenvalue weighted by Crippen LogP contribution is -2.40. The van der Waals surface area contributed by atoms with Gasteiger partial charge in [0.2, 0.25) is 5.88 Å². The number of nitrogens with zero attached hydrogens (tertiary/aromatic N) is 2. The minimum Gasteiger partial charge on any atom is -0.493 e. The molecule has 0 amide bonds. The number of rotatable bonds is 6. The molecule has 0 radical (unpaired) electrons. The number of aromatic nitrogens is 1. The van der Waals surface area contributed by atoms with Gasteiger partial charge in [0.15, 0.2) is 0 Å². The van der Waals surface area contributed by atoms with Gasteiger partial charge in [0.25, 0.3) is 0 Å². The summed E-state index contributed by atoms with van der Waals surface area (Å²) in [5.41, 5.74) is 7.98. The Hall–Kier alpha value is -3.41. The molecule has 1 fully saturated rings. The van der Waals surface area contributed by atoms with Crippen LogP contribution in [0.1, 0.15) is 35.1 Å². The monoisotopic (exact) mass is 479 g/mol. The highest BCUT2D eigenvalue weighted by molar-refractivity contribution is 7.09. The van der Waals surface area contributed by atoms with E-state index in [1.165, 1.54) is 46.6 Å². The SMILES string of the molecule is Oc1cc(-c2ccc(NCc3ccc(CN4CCC5(C=Cc6ccccc65)CC4)cc3)cc2)sn1. The summed E-state index contributed by atoms with van der Waals surface area (Å²) in [6, 6.07) is 27.8. The Bertz CT molecular complexity index is 1330. The predicted octanol–water partition coefficient (Wildman–Crippen LogP) is 6.69. The van der Waals surface area contributed by atoms with E-state index in [0.29, 0.717) is 0 Å². The average Bonchev–Trinajstić information content (AvgIpc) is 3.50. The number of allylic oxidation sites excluding steroid dienone is 1. The van der Waals surface area contributed by atoms with Crippen LogP contribution in [0.25, 0.3) is 16.5 Å². The quantitative estimate of drug-likeness (QED) is 0.323. The van der Waals surface area contributed by atoms with Gasteiger partial charge >= 0.3 is 0 Å². The van der Waals surface area contributed by atoms with Crippen LogP contribution >= 0.6 is 11.5 Å². The lowest BCUT2D eigenvalue weighted by Gasteiger charge is -2.39. The molecule has 0 unspecified atom stereocenters. The second-order valence-electron chi connectivity index (χ2n) is 9.65. The number of piperidine rings is 1. The van der Waals surface area contributed by atoms with Gasteiger partial charge in [-0.2, -0.15) is 4.37 Å². The van der Waals surface area contributed by atoms with Crippen molar-refractivity contribution in [3.05, 3.63) is 107 Å². The van der Waals surface area contributed by atoms with Crippen LogP contribution in [-0.4, -0.2) is 27.5 Å². The minimum absolute atomic E-state index is 0.0802. The predicted molar refractivity (Wildman–Crippen MR) is 145 cm³/mol. The largest absolute Gasteiger partial charge is 0.493 e. The van der Waals surface area contributed by atoms with Crippen LogP contribution in [0.15, 0.2) is 84.9 Å². The standard InChI is InChI=1S/C30H29N3OS/c34-29-19-28(35-32-29)25-9-11-26(12-10-25)31-20-22-5-7-23(8-6-22)21-33-17-15-30(16-18-33)14-13-24-3-1-2-4-27(24)30/h1-14,19,31H,15-18,20-21H2,(H,32,34). The number of benzene rings is 3. The molecule has 0 saturated carbocycles. The first kappa shape index (κ1) is 22.1. The van der Waals surface area contributed by atoms with Crippen LogP contribution < -0.4 is 5.32 Å². The number of hydrogen-bond acceptors (Lipinski definition) is 5. The molecule has 6 rings (SSSR count). The van der Waals surface area contributed by atoms with Crippen LogP contribution in [0.5, 0.6) is 5.88 Å². The van der Waals surface area contributed by atoms with Crippen LogP contribution in [0.3, 0.4) is 0 Å². The second-order valence-corrected chi connectivity index (χ2v) is 10.5. The molecule has 2 N–H and O–H groups in total. The summed E-state index contributed by atoms with van der Waals surface area (Å²) < 4.78 is 3.94. The third-order valence-corrected chi connectivity index (χ3v) is 8.25. The van der Waals surface area contributed by atoms with Gasteiger partial charge in [-0.25, -0.2) is 0 Å². The van der Waals surface area contributed by atoms with E-state index in [0.717, 1.165) is 42.3 Å². The maximum absolute atomic E-state index is 9.45. The maximum atomic E-state index is 9.45. The summed E-state index contributed by atoms with van der Waals surface area (Å²) in [6.45, 7) is 4.08. The lowest BCUT2D eigenvalue weighted by atomic mass is 9.74. The Balaban J connectivity index is 1.01. The van der Waals surface area contributed by atoms with E-state index in [9.17, 15) is 5.11 Å². The number of fused-ring (bicyclic) bond motifs is 2. The van der Waals surface area contributed by atoms with Gasteiger partial charge in [0.05, 0.1) is 4.88 Å². The number of aromatic hydroxyl groups is 1. The minimum atomic E-state index is 0.0802. The van der Waals surface area contributed by atoms with Crippen molar-refractivity contribution in [3.63, 3.8) is 0 Å². The molecule has 1 aliphatic carbocycles. The van der Waals surface area contributed by atoms with Crippen molar-refractivity contribution >= 4 is 23.3 Å². The van der Waals surface area contributed by atoms with Gasteiger partial charge in [0.1, 0.15) is 0 Å². The zero-order valence-corrected chi connectivity index (χ0v) is 20.5. The van der Waals surface area contributed by atoms with Crippen molar-refractivity contribution in [1.82, 2.24) is 9.27 Å². The highest BCUT2D eigenvalue weighted by Crippen LogP contribution is 2.43. The van der Waals surface area contributed by atoms with Crippen LogP contribution in [-0.2, 0) is 18.5 Å². The Morgan fingerprint density at radius 3 is 2.40 bits per heavy atom. The van der Waals surface area contributed by atoms with E-state index < -0.39 is 0 Å². The first-order chi connectivity index (χ1) is 17.2. The lowest BCUT2D eigenvalue weighted by molar-refractivity contribution is 0.177. The van der Waals surface area contributed by atoms with Crippen molar-refractivity contribution in [2.45, 2.75) is 31.3 Å². The summed E-state index contributed by atoms with van der Waals surface area (Å²) in [5.74, 6) is 0.0802. The van der Waals surface area contributed by atoms with Crippen molar-refractivity contribution in [3.8, 4) is 16.3 Å². The van der Waals surface area contributed by atoms with Crippen LogP contribution in [0, 0.1) is 0 Å². The molecule has 5 heteroatoms. The molecule has 3 aromatic carbocycles. The van der Waals surface area contributed by atoms with E-state index >= 15 is 0 Å². The van der Waals surface area contributed by atoms with Gasteiger partial charge in [-0.1, -0.05) is 72.8 Å². The summed E-state index contributed by atoms with van der Waals surface area (Å²) in [6.07, 6.45) is 7.17. The molecule has 1 spiro atoms. The Morgan fingerprint density at radius 2 is 1.66 bits per heavy atom. The van der Waals surface area contributed by atoms with E-state index in [4.69, 9.17) is 0 Å². The molecule has 1 aromatic heterocycles. The Morgan fingerprint density at radius 1 is 0.914 bits per heavy atom. The normalized spacial score (nSPS) is 16.5. The number of likely N-dealkylation sites (tertiary alicyclic amines) is 1. The third kappa shape index (κ3) is 4.62. The Labute approximate surface area is 210 Å². The second kappa shape index (κ2) is 9.33. The van der Waals surface area contributed by atoms with Crippen LogP contribution in [0.4, 0.5) is 5.69 Å². The fraction of sp³-hybridized carbons (Fsp3) is 0.233. The zero-order valence-electron chi connectivity index (χ0n) is 19.7. The van der Waals surface area contributed by atoms with E-state index in [2.05, 4.69) is 99.5 Å². The molecule has 35 heavy (non-hydrogen) atoms. The number of anilines is 1. The molecule has 4 aromatic rings. The highest BCUT2D eigenvalue weighted by atomic mass is 32.1. The molecular formula is C30H29N3OS. The summed E-state index contributed by atoms with van der Waals surface area (Å²) in [4.78, 5) is 3.57. The topological polar surface area (TPSA) is 48.4 Å². The fourth-order valence-corrected chi connectivity index (χ4v) is 6.00. The molecule has 2 aliphatic rings. The van der Waals surface area contributed by atoms with Crippen molar-refractivity contribution in [2.75, 3.05) is 18.4 Å². The van der Waals surface area contributed by atoms with Crippen molar-refractivity contribution < 1.29 is 5.11 Å². The molecule has 176 valence electrons. The van der Waals surface area contributed by atoms with E-state index in [1.807, 2.05) is 0 Å². The number of hydrogen-bond donors (Lipinski definition) is 2. The summed E-state index contributed by atoms with van der Waals surface area (Å²) in [7, 11) is 0. The molecular weight excluding hydrogens is 450 g/mol. The molecule has 4 nitrogen and oxygen atoms in total. The molecule has 0 bridgehead atoms. The summed E-state index contributed by atoms with van der Waals surface area (Å²) in [5, 5.41) is 13.0. The van der Waals surface area contributed by atoms with E-state index in [1.54, 1.807) is 6.07 Å². The highest BCUT2D eigenvalue weighted by Gasteiger charge is 2.37. The van der Waals surface area contributed by atoms with Gasteiger partial charge in [-0.15, -0.1) is 0 Å². The van der Waals surface area contributed by atoms with Crippen LogP contribution in [0.2, 0.25) is 0 Å². The maximum Gasteiger partial charge on any atom is 0.223 e. The van der Waals surface area contributed by atoms with Gasteiger partial charge in [-0.05, 0) is 77.4 Å².